The molecule has 0 aliphatic heterocycles. The second-order valence-electron chi connectivity index (χ2n) is 4.09. The topological polar surface area (TPSA) is 54.9 Å². The molecule has 1 amide bonds. The lowest BCUT2D eigenvalue weighted by molar-refractivity contribution is -0.120. The number of pyridine rings is 1. The summed E-state index contributed by atoms with van der Waals surface area (Å²) in [7, 11) is 0. The molecule has 2 rings (SSSR count). The number of amides is 1. The Morgan fingerprint density at radius 1 is 1.37 bits per heavy atom. The van der Waals surface area contributed by atoms with Crippen molar-refractivity contribution in [3.63, 3.8) is 0 Å². The van der Waals surface area contributed by atoms with E-state index in [0.29, 0.717) is 12.4 Å². The highest BCUT2D eigenvalue weighted by Crippen LogP contribution is 2.12. The number of thiazole rings is 1. The van der Waals surface area contributed by atoms with E-state index in [0.717, 1.165) is 22.1 Å². The molecule has 2 aromatic heterocycles. The monoisotopic (exact) mass is 295 g/mol. The number of nitrogens with one attached hydrogen (secondary N) is 1. The molecule has 0 aromatic carbocycles. The zero-order valence-corrected chi connectivity index (χ0v) is 12.1. The van der Waals surface area contributed by atoms with Crippen molar-refractivity contribution in [3.8, 4) is 0 Å². The molecule has 0 radical (unpaired) electrons. The van der Waals surface area contributed by atoms with Crippen LogP contribution in [0.2, 0.25) is 0 Å². The van der Waals surface area contributed by atoms with Crippen molar-refractivity contribution in [1.29, 1.82) is 0 Å². The molecule has 2 heterocycles. The Bertz CT molecular complexity index is 571. The first-order valence-electron chi connectivity index (χ1n) is 5.86. The van der Waals surface area contributed by atoms with Crippen LogP contribution in [-0.2, 0) is 23.6 Å². The molecule has 0 atom stereocenters. The minimum absolute atomic E-state index is 0.0567. The van der Waals surface area contributed by atoms with E-state index < -0.39 is 0 Å². The van der Waals surface area contributed by atoms with E-state index in [2.05, 4.69) is 15.3 Å². The van der Waals surface area contributed by atoms with Crippen LogP contribution in [0.1, 0.15) is 22.1 Å². The van der Waals surface area contributed by atoms with Gasteiger partial charge in [-0.2, -0.15) is 0 Å². The van der Waals surface area contributed by atoms with E-state index in [4.69, 9.17) is 11.6 Å². The molecule has 0 bridgehead atoms. The van der Waals surface area contributed by atoms with E-state index >= 15 is 0 Å². The average molecular weight is 296 g/mol. The van der Waals surface area contributed by atoms with Gasteiger partial charge in [0, 0.05) is 11.1 Å². The molecule has 100 valence electrons. The third-order valence-electron chi connectivity index (χ3n) is 2.46. The zero-order valence-electron chi connectivity index (χ0n) is 10.5. The number of carbonyl (C=O) groups excluding carboxylic acids is 1. The van der Waals surface area contributed by atoms with Crippen LogP contribution < -0.4 is 5.32 Å². The van der Waals surface area contributed by atoms with E-state index in [-0.39, 0.29) is 12.3 Å². The summed E-state index contributed by atoms with van der Waals surface area (Å²) in [5.41, 5.74) is 2.61. The fraction of sp³-hybridized carbons (Fsp3) is 0.308. The van der Waals surface area contributed by atoms with Gasteiger partial charge in [0.1, 0.15) is 5.01 Å². The number of hydrogen-bond acceptors (Lipinski definition) is 4. The van der Waals surface area contributed by atoms with Crippen LogP contribution in [0.15, 0.2) is 23.6 Å². The summed E-state index contributed by atoms with van der Waals surface area (Å²) in [5.74, 6) is 0.324. The first kappa shape index (κ1) is 14.0. The largest absolute Gasteiger partial charge is 0.350 e. The lowest BCUT2D eigenvalue weighted by atomic mass is 10.3. The Labute approximate surface area is 120 Å². The Kier molecular flexibility index (Phi) is 4.87. The van der Waals surface area contributed by atoms with Crippen LogP contribution in [-0.4, -0.2) is 15.9 Å². The summed E-state index contributed by atoms with van der Waals surface area (Å²) < 4.78 is 0. The maximum atomic E-state index is 11.8. The molecular formula is C13H14ClN3OS. The highest BCUT2D eigenvalue weighted by Gasteiger charge is 2.07. The summed E-state index contributed by atoms with van der Waals surface area (Å²) in [6.07, 6.45) is 0.285. The Balaban J connectivity index is 1.84. The summed E-state index contributed by atoms with van der Waals surface area (Å²) in [6, 6.07) is 5.74. The fourth-order valence-corrected chi connectivity index (χ4v) is 2.60. The van der Waals surface area contributed by atoms with Gasteiger partial charge in [0.05, 0.1) is 30.2 Å². The molecule has 0 unspecified atom stereocenters. The normalized spacial score (nSPS) is 10.4. The molecule has 0 spiro atoms. The van der Waals surface area contributed by atoms with Gasteiger partial charge in [0.25, 0.3) is 0 Å². The third-order valence-corrected chi connectivity index (χ3v) is 3.63. The van der Waals surface area contributed by atoms with Gasteiger partial charge < -0.3 is 5.32 Å². The highest BCUT2D eigenvalue weighted by molar-refractivity contribution is 7.09. The predicted octanol–water partition coefficient (Wildman–Crippen LogP) is 2.44. The summed E-state index contributed by atoms with van der Waals surface area (Å²) in [4.78, 5) is 20.3. The van der Waals surface area contributed by atoms with Crippen LogP contribution in [0.3, 0.4) is 0 Å². The van der Waals surface area contributed by atoms with Crippen LogP contribution in [0, 0.1) is 6.92 Å². The van der Waals surface area contributed by atoms with Crippen molar-refractivity contribution in [2.45, 2.75) is 25.8 Å². The van der Waals surface area contributed by atoms with Gasteiger partial charge in [-0.05, 0) is 19.1 Å². The molecule has 0 aliphatic carbocycles. The minimum atomic E-state index is -0.0567. The number of alkyl halides is 1. The molecule has 1 N–H and O–H groups in total. The molecule has 6 heteroatoms. The van der Waals surface area contributed by atoms with Gasteiger partial charge in [-0.15, -0.1) is 22.9 Å². The summed E-state index contributed by atoms with van der Waals surface area (Å²) in [6.45, 7) is 2.36. The predicted molar refractivity (Wildman–Crippen MR) is 76.2 cm³/mol. The standard InChI is InChI=1S/C13H14ClN3OS/c1-9-3-2-4-10(16-9)7-15-12(18)5-13-17-11(6-14)8-19-13/h2-4,8H,5-7H2,1H3,(H,15,18). The second kappa shape index (κ2) is 6.63. The number of aromatic nitrogens is 2. The fourth-order valence-electron chi connectivity index (χ4n) is 1.58. The molecule has 0 fully saturated rings. The quantitative estimate of drug-likeness (QED) is 0.862. The number of halogens is 1. The van der Waals surface area contributed by atoms with Crippen LogP contribution in [0.25, 0.3) is 0 Å². The number of nitrogens with zero attached hydrogens (tertiary/aromatic N) is 2. The zero-order chi connectivity index (χ0) is 13.7. The molecule has 2 aromatic rings. The van der Waals surface area contributed by atoms with Crippen molar-refractivity contribution >= 4 is 28.8 Å². The van der Waals surface area contributed by atoms with Crippen molar-refractivity contribution in [2.75, 3.05) is 0 Å². The maximum Gasteiger partial charge on any atom is 0.227 e. The first-order chi connectivity index (χ1) is 9.17. The summed E-state index contributed by atoms with van der Waals surface area (Å²) >= 11 is 7.12. The van der Waals surface area contributed by atoms with Crippen molar-refractivity contribution in [3.05, 3.63) is 45.7 Å². The van der Waals surface area contributed by atoms with E-state index in [1.54, 1.807) is 0 Å². The molecule has 0 saturated carbocycles. The SMILES string of the molecule is Cc1cccc(CNC(=O)Cc2nc(CCl)cs2)n1. The van der Waals surface area contributed by atoms with Gasteiger partial charge in [-0.25, -0.2) is 4.98 Å². The second-order valence-corrected chi connectivity index (χ2v) is 5.30. The molecule has 4 nitrogen and oxygen atoms in total. The molecule has 19 heavy (non-hydrogen) atoms. The third kappa shape index (κ3) is 4.29. The van der Waals surface area contributed by atoms with E-state index in [1.165, 1.54) is 11.3 Å². The smallest absolute Gasteiger partial charge is 0.227 e. The number of hydrogen-bond donors (Lipinski definition) is 1. The highest BCUT2D eigenvalue weighted by atomic mass is 35.5. The van der Waals surface area contributed by atoms with E-state index in [9.17, 15) is 4.79 Å². The first-order valence-corrected chi connectivity index (χ1v) is 7.27. The Morgan fingerprint density at radius 3 is 2.89 bits per heavy atom. The molecule has 0 aliphatic rings. The van der Waals surface area contributed by atoms with Crippen LogP contribution in [0.4, 0.5) is 0 Å². The van der Waals surface area contributed by atoms with Gasteiger partial charge in [-0.3, -0.25) is 9.78 Å². The maximum absolute atomic E-state index is 11.8. The molecular weight excluding hydrogens is 282 g/mol. The Hall–Kier alpha value is -1.46. The van der Waals surface area contributed by atoms with Gasteiger partial charge >= 0.3 is 0 Å². The van der Waals surface area contributed by atoms with Crippen molar-refractivity contribution in [1.82, 2.24) is 15.3 Å². The lowest BCUT2D eigenvalue weighted by Crippen LogP contribution is -2.25. The Morgan fingerprint density at radius 2 is 2.21 bits per heavy atom. The van der Waals surface area contributed by atoms with Gasteiger partial charge in [0.2, 0.25) is 5.91 Å². The van der Waals surface area contributed by atoms with Crippen LogP contribution >= 0.6 is 22.9 Å². The van der Waals surface area contributed by atoms with Crippen LogP contribution in [0.5, 0.6) is 0 Å². The van der Waals surface area contributed by atoms with Crippen molar-refractivity contribution < 1.29 is 4.79 Å². The number of carbonyl (C=O) groups is 1. The number of aryl methyl sites for hydroxylation is 1. The minimum Gasteiger partial charge on any atom is -0.350 e. The van der Waals surface area contributed by atoms with Gasteiger partial charge in [0.15, 0.2) is 0 Å². The van der Waals surface area contributed by atoms with Gasteiger partial charge in [-0.1, -0.05) is 6.07 Å². The average Bonchev–Trinajstić information content (AvgIpc) is 2.84. The van der Waals surface area contributed by atoms with Crippen molar-refractivity contribution in [2.24, 2.45) is 0 Å². The summed E-state index contributed by atoms with van der Waals surface area (Å²) in [5, 5.41) is 5.49. The number of rotatable bonds is 5. The lowest BCUT2D eigenvalue weighted by Gasteiger charge is -2.04. The van der Waals surface area contributed by atoms with E-state index in [1.807, 2.05) is 30.5 Å². The molecule has 0 saturated heterocycles.